The summed E-state index contributed by atoms with van der Waals surface area (Å²) < 4.78 is 5.73. The van der Waals surface area contributed by atoms with Crippen molar-refractivity contribution < 1.29 is 9.21 Å². The summed E-state index contributed by atoms with van der Waals surface area (Å²) in [4.78, 5) is 15.7. The van der Waals surface area contributed by atoms with E-state index in [0.717, 1.165) is 22.2 Å². The minimum absolute atomic E-state index is 0.0633. The SMILES string of the molecule is Cc1ccc2oc(-c3ccc(NC(=O)CCl)cc3)nc2c1. The van der Waals surface area contributed by atoms with E-state index >= 15 is 0 Å². The van der Waals surface area contributed by atoms with Crippen LogP contribution in [0.25, 0.3) is 22.6 Å². The van der Waals surface area contributed by atoms with Crippen molar-refractivity contribution >= 4 is 34.3 Å². The van der Waals surface area contributed by atoms with E-state index in [2.05, 4.69) is 10.3 Å². The highest BCUT2D eigenvalue weighted by atomic mass is 35.5. The fourth-order valence-electron chi connectivity index (χ4n) is 2.05. The van der Waals surface area contributed by atoms with Crippen LogP contribution in [0.2, 0.25) is 0 Å². The molecule has 0 radical (unpaired) electrons. The van der Waals surface area contributed by atoms with Gasteiger partial charge in [-0.2, -0.15) is 0 Å². The smallest absolute Gasteiger partial charge is 0.239 e. The van der Waals surface area contributed by atoms with Gasteiger partial charge in [-0.05, 0) is 48.9 Å². The summed E-state index contributed by atoms with van der Waals surface area (Å²) in [6.07, 6.45) is 0. The number of carbonyl (C=O) groups excluding carboxylic acids is 1. The van der Waals surface area contributed by atoms with Crippen molar-refractivity contribution in [3.05, 3.63) is 48.0 Å². The molecule has 0 aliphatic carbocycles. The molecule has 0 saturated heterocycles. The van der Waals surface area contributed by atoms with Gasteiger partial charge < -0.3 is 9.73 Å². The highest BCUT2D eigenvalue weighted by Gasteiger charge is 2.08. The number of benzene rings is 2. The number of anilines is 1. The Morgan fingerprint density at radius 1 is 1.24 bits per heavy atom. The molecule has 0 aliphatic rings. The molecule has 0 atom stereocenters. The molecule has 0 aliphatic heterocycles. The lowest BCUT2D eigenvalue weighted by molar-refractivity contribution is -0.113. The summed E-state index contributed by atoms with van der Waals surface area (Å²) in [7, 11) is 0. The van der Waals surface area contributed by atoms with Gasteiger partial charge in [0.2, 0.25) is 11.8 Å². The predicted molar refractivity (Wildman–Crippen MR) is 83.5 cm³/mol. The molecule has 1 N–H and O–H groups in total. The summed E-state index contributed by atoms with van der Waals surface area (Å²) in [5, 5.41) is 2.68. The number of alkyl halides is 1. The topological polar surface area (TPSA) is 55.1 Å². The highest BCUT2D eigenvalue weighted by molar-refractivity contribution is 6.29. The number of nitrogens with zero attached hydrogens (tertiary/aromatic N) is 1. The molecule has 0 spiro atoms. The number of rotatable bonds is 3. The van der Waals surface area contributed by atoms with Gasteiger partial charge in [-0.1, -0.05) is 6.07 Å². The molecule has 0 saturated carbocycles. The van der Waals surface area contributed by atoms with E-state index in [4.69, 9.17) is 16.0 Å². The number of hydrogen-bond acceptors (Lipinski definition) is 3. The Kier molecular flexibility index (Phi) is 3.62. The maximum atomic E-state index is 11.2. The summed E-state index contributed by atoms with van der Waals surface area (Å²) in [5.74, 6) is 0.263. The summed E-state index contributed by atoms with van der Waals surface area (Å²) in [6, 6.07) is 13.2. The van der Waals surface area contributed by atoms with E-state index in [-0.39, 0.29) is 11.8 Å². The van der Waals surface area contributed by atoms with Crippen LogP contribution in [0.3, 0.4) is 0 Å². The lowest BCUT2D eigenvalue weighted by Gasteiger charge is -2.03. The van der Waals surface area contributed by atoms with Crippen LogP contribution in [-0.4, -0.2) is 16.8 Å². The van der Waals surface area contributed by atoms with Gasteiger partial charge in [-0.25, -0.2) is 4.98 Å². The van der Waals surface area contributed by atoms with Crippen molar-refractivity contribution in [1.82, 2.24) is 4.98 Å². The van der Waals surface area contributed by atoms with E-state index in [0.29, 0.717) is 11.6 Å². The number of fused-ring (bicyclic) bond motifs is 1. The Balaban J connectivity index is 1.90. The quantitative estimate of drug-likeness (QED) is 0.744. The lowest BCUT2D eigenvalue weighted by Crippen LogP contribution is -2.12. The standard InChI is InChI=1S/C16H13ClN2O2/c1-10-2-7-14-13(8-10)19-16(21-14)11-3-5-12(6-4-11)18-15(20)9-17/h2-8H,9H2,1H3,(H,18,20). The molecule has 4 nitrogen and oxygen atoms in total. The van der Waals surface area contributed by atoms with Crippen LogP contribution in [0.1, 0.15) is 5.56 Å². The molecule has 2 aromatic carbocycles. The first-order valence-electron chi connectivity index (χ1n) is 6.49. The molecule has 0 bridgehead atoms. The number of oxazole rings is 1. The Morgan fingerprint density at radius 2 is 2.00 bits per heavy atom. The van der Waals surface area contributed by atoms with Crippen molar-refractivity contribution in [3.8, 4) is 11.5 Å². The van der Waals surface area contributed by atoms with Gasteiger partial charge in [0.1, 0.15) is 11.4 Å². The first kappa shape index (κ1) is 13.6. The number of halogens is 1. The number of aryl methyl sites for hydroxylation is 1. The maximum absolute atomic E-state index is 11.2. The molecular weight excluding hydrogens is 288 g/mol. The van der Waals surface area contributed by atoms with E-state index in [1.165, 1.54) is 0 Å². The molecule has 5 heteroatoms. The average molecular weight is 301 g/mol. The minimum Gasteiger partial charge on any atom is -0.436 e. The zero-order valence-corrected chi connectivity index (χ0v) is 12.1. The third kappa shape index (κ3) is 2.90. The van der Waals surface area contributed by atoms with Crippen LogP contribution in [-0.2, 0) is 4.79 Å². The Bertz CT molecular complexity index is 794. The monoisotopic (exact) mass is 300 g/mol. The fourth-order valence-corrected chi connectivity index (χ4v) is 2.12. The molecule has 21 heavy (non-hydrogen) atoms. The second kappa shape index (κ2) is 5.58. The zero-order valence-electron chi connectivity index (χ0n) is 11.4. The Morgan fingerprint density at radius 3 is 2.71 bits per heavy atom. The highest BCUT2D eigenvalue weighted by Crippen LogP contribution is 2.25. The molecule has 3 aromatic rings. The van der Waals surface area contributed by atoms with Crippen molar-refractivity contribution in [2.45, 2.75) is 6.92 Å². The van der Waals surface area contributed by atoms with E-state index in [1.807, 2.05) is 37.3 Å². The number of carbonyl (C=O) groups is 1. The number of amides is 1. The van der Waals surface area contributed by atoms with Crippen LogP contribution in [0, 0.1) is 6.92 Å². The fraction of sp³-hybridized carbons (Fsp3) is 0.125. The van der Waals surface area contributed by atoms with Crippen molar-refractivity contribution in [2.24, 2.45) is 0 Å². The van der Waals surface area contributed by atoms with Crippen molar-refractivity contribution in [1.29, 1.82) is 0 Å². The second-order valence-electron chi connectivity index (χ2n) is 4.75. The van der Waals surface area contributed by atoms with E-state index in [1.54, 1.807) is 12.1 Å². The van der Waals surface area contributed by atoms with Gasteiger partial charge in [0.15, 0.2) is 5.58 Å². The van der Waals surface area contributed by atoms with Crippen LogP contribution < -0.4 is 5.32 Å². The molecule has 106 valence electrons. The Hall–Kier alpha value is -2.33. The first-order valence-corrected chi connectivity index (χ1v) is 7.02. The average Bonchev–Trinajstić information content (AvgIpc) is 2.90. The van der Waals surface area contributed by atoms with Gasteiger partial charge in [0.25, 0.3) is 0 Å². The predicted octanol–water partition coefficient (Wildman–Crippen LogP) is 3.98. The summed E-state index contributed by atoms with van der Waals surface area (Å²) in [6.45, 7) is 2.02. The van der Waals surface area contributed by atoms with E-state index in [9.17, 15) is 4.79 Å². The van der Waals surface area contributed by atoms with Crippen LogP contribution in [0.4, 0.5) is 5.69 Å². The largest absolute Gasteiger partial charge is 0.436 e. The van der Waals surface area contributed by atoms with Gasteiger partial charge >= 0.3 is 0 Å². The molecule has 1 heterocycles. The lowest BCUT2D eigenvalue weighted by atomic mass is 10.2. The van der Waals surface area contributed by atoms with Crippen molar-refractivity contribution in [2.75, 3.05) is 11.2 Å². The van der Waals surface area contributed by atoms with Gasteiger partial charge in [0, 0.05) is 11.3 Å². The first-order chi connectivity index (χ1) is 10.2. The second-order valence-corrected chi connectivity index (χ2v) is 5.02. The molecule has 0 fully saturated rings. The summed E-state index contributed by atoms with van der Waals surface area (Å²) >= 11 is 5.45. The third-order valence-corrected chi connectivity index (χ3v) is 3.32. The van der Waals surface area contributed by atoms with Gasteiger partial charge in [-0.3, -0.25) is 4.79 Å². The molecule has 0 unspecified atom stereocenters. The van der Waals surface area contributed by atoms with Gasteiger partial charge in [0.05, 0.1) is 0 Å². The number of aromatic nitrogens is 1. The van der Waals surface area contributed by atoms with Crippen LogP contribution >= 0.6 is 11.6 Å². The molecular formula is C16H13ClN2O2. The molecule has 3 rings (SSSR count). The van der Waals surface area contributed by atoms with E-state index < -0.39 is 0 Å². The Labute approximate surface area is 126 Å². The number of nitrogens with one attached hydrogen (secondary N) is 1. The van der Waals surface area contributed by atoms with Crippen molar-refractivity contribution in [3.63, 3.8) is 0 Å². The third-order valence-electron chi connectivity index (χ3n) is 3.08. The van der Waals surface area contributed by atoms with Crippen LogP contribution in [0.5, 0.6) is 0 Å². The van der Waals surface area contributed by atoms with Crippen LogP contribution in [0.15, 0.2) is 46.9 Å². The molecule has 1 aromatic heterocycles. The van der Waals surface area contributed by atoms with Gasteiger partial charge in [-0.15, -0.1) is 11.6 Å². The molecule has 1 amide bonds. The minimum atomic E-state index is -0.234. The number of hydrogen-bond donors (Lipinski definition) is 1. The summed E-state index contributed by atoms with van der Waals surface area (Å²) in [5.41, 5.74) is 4.28. The maximum Gasteiger partial charge on any atom is 0.239 e. The normalized spacial score (nSPS) is 10.8. The zero-order chi connectivity index (χ0) is 14.8.